The van der Waals surface area contributed by atoms with Crippen molar-refractivity contribution in [3.63, 3.8) is 0 Å². The largest absolute Gasteiger partial charge is 0.493 e. The Morgan fingerprint density at radius 2 is 1.65 bits per heavy atom. The average Bonchev–Trinajstić information content (AvgIpc) is 3.05. The summed E-state index contributed by atoms with van der Waals surface area (Å²) in [4.78, 5) is 4.82. The van der Waals surface area contributed by atoms with Crippen LogP contribution in [0.4, 0.5) is 0 Å². The van der Waals surface area contributed by atoms with E-state index in [2.05, 4.69) is 10.6 Å². The van der Waals surface area contributed by atoms with Crippen molar-refractivity contribution in [3.8, 4) is 28.6 Å². The summed E-state index contributed by atoms with van der Waals surface area (Å²) in [6.45, 7) is 4.01. The van der Waals surface area contributed by atoms with Crippen molar-refractivity contribution >= 4 is 11.0 Å². The van der Waals surface area contributed by atoms with Crippen molar-refractivity contribution in [1.82, 2.24) is 9.55 Å². The van der Waals surface area contributed by atoms with Gasteiger partial charge in [0.2, 0.25) is 5.75 Å². The fourth-order valence-corrected chi connectivity index (χ4v) is 3.03. The molecule has 0 unspecified atom stereocenters. The van der Waals surface area contributed by atoms with Gasteiger partial charge in [-0.15, -0.1) is 0 Å². The first-order valence-corrected chi connectivity index (χ1v) is 8.56. The lowest BCUT2D eigenvalue weighted by Crippen LogP contribution is -2.07. The zero-order valence-corrected chi connectivity index (χ0v) is 15.6. The lowest BCUT2D eigenvalue weighted by Gasteiger charge is -2.15. The fraction of sp³-hybridized carbons (Fsp3) is 0.350. The van der Waals surface area contributed by atoms with Crippen LogP contribution in [0.5, 0.6) is 17.2 Å². The monoisotopic (exact) mass is 356 g/mol. The molecule has 0 atom stereocenters. The standard InChI is InChI=1S/C20H24N2O4/c1-5-26-11-10-22-16-9-7-6-8-15(16)21-20(22)14-12-17(23-2)19(25-4)18(13-14)24-3/h6-9,12-13H,5,10-11H2,1-4H3. The van der Waals surface area contributed by atoms with E-state index < -0.39 is 0 Å². The quantitative estimate of drug-likeness (QED) is 0.575. The van der Waals surface area contributed by atoms with Gasteiger partial charge in [0.05, 0.1) is 39.0 Å². The number of para-hydroxylation sites is 2. The molecule has 0 saturated carbocycles. The molecule has 0 radical (unpaired) electrons. The number of imidazole rings is 1. The van der Waals surface area contributed by atoms with Gasteiger partial charge in [-0.25, -0.2) is 4.98 Å². The van der Waals surface area contributed by atoms with Gasteiger partial charge in [0.15, 0.2) is 11.5 Å². The molecular weight excluding hydrogens is 332 g/mol. The molecule has 0 N–H and O–H groups in total. The molecule has 138 valence electrons. The molecule has 6 nitrogen and oxygen atoms in total. The van der Waals surface area contributed by atoms with Crippen LogP contribution in [0, 0.1) is 0 Å². The fourth-order valence-electron chi connectivity index (χ4n) is 3.03. The van der Waals surface area contributed by atoms with Crippen molar-refractivity contribution < 1.29 is 18.9 Å². The molecule has 0 spiro atoms. The Morgan fingerprint density at radius 3 is 2.27 bits per heavy atom. The van der Waals surface area contributed by atoms with E-state index in [-0.39, 0.29) is 0 Å². The molecule has 0 aliphatic rings. The van der Waals surface area contributed by atoms with Crippen LogP contribution in [0.25, 0.3) is 22.4 Å². The van der Waals surface area contributed by atoms with E-state index in [1.165, 1.54) is 0 Å². The number of nitrogens with zero attached hydrogens (tertiary/aromatic N) is 2. The van der Waals surface area contributed by atoms with Gasteiger partial charge in [-0.2, -0.15) is 0 Å². The molecule has 1 aromatic heterocycles. The predicted molar refractivity (Wildman–Crippen MR) is 101 cm³/mol. The summed E-state index contributed by atoms with van der Waals surface area (Å²) in [5.41, 5.74) is 2.90. The van der Waals surface area contributed by atoms with E-state index in [9.17, 15) is 0 Å². The van der Waals surface area contributed by atoms with E-state index in [1.807, 2.05) is 37.3 Å². The van der Waals surface area contributed by atoms with Gasteiger partial charge in [-0.3, -0.25) is 0 Å². The van der Waals surface area contributed by atoms with Gasteiger partial charge < -0.3 is 23.5 Å². The minimum atomic E-state index is 0.565. The topological polar surface area (TPSA) is 54.7 Å². The number of hydrogen-bond acceptors (Lipinski definition) is 5. The molecule has 2 aromatic carbocycles. The number of benzene rings is 2. The van der Waals surface area contributed by atoms with Crippen molar-refractivity contribution in [2.75, 3.05) is 34.5 Å². The van der Waals surface area contributed by atoms with Crippen LogP contribution in [-0.2, 0) is 11.3 Å². The third-order valence-corrected chi connectivity index (χ3v) is 4.24. The second-order valence-corrected chi connectivity index (χ2v) is 5.69. The molecule has 6 heteroatoms. The van der Waals surface area contributed by atoms with Crippen LogP contribution in [0.2, 0.25) is 0 Å². The molecule has 0 aliphatic heterocycles. The smallest absolute Gasteiger partial charge is 0.203 e. The van der Waals surface area contributed by atoms with Crippen LogP contribution in [0.3, 0.4) is 0 Å². The Labute approximate surface area is 153 Å². The third-order valence-electron chi connectivity index (χ3n) is 4.24. The van der Waals surface area contributed by atoms with E-state index in [0.29, 0.717) is 37.0 Å². The Morgan fingerprint density at radius 1 is 0.962 bits per heavy atom. The van der Waals surface area contributed by atoms with Crippen molar-refractivity contribution in [1.29, 1.82) is 0 Å². The van der Waals surface area contributed by atoms with Crippen LogP contribution in [-0.4, -0.2) is 44.1 Å². The predicted octanol–water partition coefficient (Wildman–Crippen LogP) is 3.77. The SMILES string of the molecule is CCOCCn1c(-c2cc(OC)c(OC)c(OC)c2)nc2ccccc21. The summed E-state index contributed by atoms with van der Waals surface area (Å²) in [7, 11) is 4.82. The normalized spacial score (nSPS) is 10.9. The van der Waals surface area contributed by atoms with Crippen LogP contribution < -0.4 is 14.2 Å². The first-order valence-electron chi connectivity index (χ1n) is 8.56. The zero-order chi connectivity index (χ0) is 18.5. The summed E-state index contributed by atoms with van der Waals surface area (Å²) in [5.74, 6) is 2.61. The molecular formula is C20H24N2O4. The lowest BCUT2D eigenvalue weighted by atomic mass is 10.1. The molecule has 26 heavy (non-hydrogen) atoms. The number of ether oxygens (including phenoxy) is 4. The van der Waals surface area contributed by atoms with Gasteiger partial charge in [0.1, 0.15) is 5.82 Å². The third kappa shape index (κ3) is 3.32. The van der Waals surface area contributed by atoms with E-state index >= 15 is 0 Å². The highest BCUT2D eigenvalue weighted by atomic mass is 16.5. The van der Waals surface area contributed by atoms with Gasteiger partial charge >= 0.3 is 0 Å². The lowest BCUT2D eigenvalue weighted by molar-refractivity contribution is 0.140. The molecule has 0 bridgehead atoms. The Balaban J connectivity index is 2.16. The number of aromatic nitrogens is 2. The van der Waals surface area contributed by atoms with E-state index in [4.69, 9.17) is 23.9 Å². The maximum Gasteiger partial charge on any atom is 0.203 e. The highest BCUT2D eigenvalue weighted by Gasteiger charge is 2.18. The Hall–Kier alpha value is -2.73. The number of rotatable bonds is 8. The molecule has 3 aromatic rings. The van der Waals surface area contributed by atoms with Crippen molar-refractivity contribution in [2.24, 2.45) is 0 Å². The molecule has 0 saturated heterocycles. The van der Waals surface area contributed by atoms with Gasteiger partial charge in [-0.05, 0) is 31.2 Å². The second kappa shape index (κ2) is 8.10. The van der Waals surface area contributed by atoms with Crippen molar-refractivity contribution in [3.05, 3.63) is 36.4 Å². The van der Waals surface area contributed by atoms with E-state index in [0.717, 1.165) is 22.4 Å². The number of methoxy groups -OCH3 is 3. The maximum atomic E-state index is 5.55. The van der Waals surface area contributed by atoms with Gasteiger partial charge in [0.25, 0.3) is 0 Å². The number of fused-ring (bicyclic) bond motifs is 1. The average molecular weight is 356 g/mol. The molecule has 0 fully saturated rings. The van der Waals surface area contributed by atoms with E-state index in [1.54, 1.807) is 21.3 Å². The Kier molecular flexibility index (Phi) is 5.63. The van der Waals surface area contributed by atoms with Gasteiger partial charge in [0, 0.05) is 18.7 Å². The number of hydrogen-bond donors (Lipinski definition) is 0. The molecule has 1 heterocycles. The van der Waals surface area contributed by atoms with Crippen LogP contribution in [0.1, 0.15) is 6.92 Å². The summed E-state index contributed by atoms with van der Waals surface area (Å²) < 4.78 is 24.1. The zero-order valence-electron chi connectivity index (χ0n) is 15.6. The Bertz CT molecular complexity index is 864. The summed E-state index contributed by atoms with van der Waals surface area (Å²) in [6.07, 6.45) is 0. The minimum Gasteiger partial charge on any atom is -0.493 e. The first-order chi connectivity index (χ1) is 12.7. The molecule has 0 amide bonds. The second-order valence-electron chi connectivity index (χ2n) is 5.69. The highest BCUT2D eigenvalue weighted by Crippen LogP contribution is 2.41. The van der Waals surface area contributed by atoms with Gasteiger partial charge in [-0.1, -0.05) is 12.1 Å². The van der Waals surface area contributed by atoms with Crippen LogP contribution in [0.15, 0.2) is 36.4 Å². The van der Waals surface area contributed by atoms with Crippen LogP contribution >= 0.6 is 0 Å². The summed E-state index contributed by atoms with van der Waals surface area (Å²) in [5, 5.41) is 0. The highest BCUT2D eigenvalue weighted by molar-refractivity contribution is 5.81. The maximum absolute atomic E-state index is 5.55. The summed E-state index contributed by atoms with van der Waals surface area (Å²) >= 11 is 0. The minimum absolute atomic E-state index is 0.565. The molecule has 3 rings (SSSR count). The first kappa shape index (κ1) is 18.1. The van der Waals surface area contributed by atoms with Crippen molar-refractivity contribution in [2.45, 2.75) is 13.5 Å². The molecule has 0 aliphatic carbocycles. The summed E-state index contributed by atoms with van der Waals surface area (Å²) in [6, 6.07) is 11.9.